The molecule has 0 aromatic heterocycles. The molecule has 43 heavy (non-hydrogen) atoms. The highest BCUT2D eigenvalue weighted by atomic mass is 33.1. The molecule has 3 aliphatic heterocycles. The summed E-state index contributed by atoms with van der Waals surface area (Å²) in [5.74, 6) is -1.30. The molecular weight excluding hydrogens is 596 g/mol. The van der Waals surface area contributed by atoms with Crippen molar-refractivity contribution in [2.45, 2.75) is 108 Å². The van der Waals surface area contributed by atoms with Crippen molar-refractivity contribution < 1.29 is 44.3 Å². The summed E-state index contributed by atoms with van der Waals surface area (Å²) >= 11 is 0. The highest BCUT2D eigenvalue weighted by Crippen LogP contribution is 2.43. The zero-order chi connectivity index (χ0) is 31.5. The van der Waals surface area contributed by atoms with Crippen LogP contribution in [0.1, 0.15) is 65.7 Å². The maximum absolute atomic E-state index is 12.3. The lowest BCUT2D eigenvalue weighted by Crippen LogP contribution is -2.54. The van der Waals surface area contributed by atoms with Gasteiger partial charge in [-0.3, -0.25) is 9.59 Å². The highest BCUT2D eigenvalue weighted by Gasteiger charge is 2.43. The Morgan fingerprint density at radius 3 is 2.63 bits per heavy atom. The quantitative estimate of drug-likeness (QED) is 0.0478. The van der Waals surface area contributed by atoms with Crippen LogP contribution in [0.3, 0.4) is 0 Å². The number of rotatable bonds is 16. The van der Waals surface area contributed by atoms with E-state index in [1.54, 1.807) is 28.5 Å². The molecule has 0 spiro atoms. The maximum atomic E-state index is 12.3. The number of nitrogens with one attached hydrogen (secondary N) is 2. The normalized spacial score (nSPS) is 29.5. The average Bonchev–Trinajstić information content (AvgIpc) is 3.53. The fourth-order valence-corrected chi connectivity index (χ4v) is 7.61. The van der Waals surface area contributed by atoms with Crippen LogP contribution in [0.25, 0.3) is 0 Å². The number of aliphatic hydroxyl groups is 4. The summed E-state index contributed by atoms with van der Waals surface area (Å²) in [6, 6.07) is -0.518. The number of hydrogen-bond donors (Lipinski definition) is 6. The van der Waals surface area contributed by atoms with Gasteiger partial charge in [0.05, 0.1) is 30.7 Å². The number of carbonyl (C=O) groups excluding carboxylic acids is 3. The van der Waals surface area contributed by atoms with Gasteiger partial charge in [-0.2, -0.15) is 0 Å². The minimum absolute atomic E-state index is 0.0374. The van der Waals surface area contributed by atoms with Gasteiger partial charge in [-0.25, -0.2) is 4.79 Å². The first-order chi connectivity index (χ1) is 20.5. The monoisotopic (exact) mass is 642 g/mol. The highest BCUT2D eigenvalue weighted by molar-refractivity contribution is 8.78. The van der Waals surface area contributed by atoms with E-state index in [4.69, 9.17) is 9.47 Å². The zero-order valence-electron chi connectivity index (χ0n) is 25.0. The van der Waals surface area contributed by atoms with E-state index in [0.29, 0.717) is 25.7 Å². The van der Waals surface area contributed by atoms with Crippen molar-refractivity contribution in [1.82, 2.24) is 10.6 Å². The van der Waals surface area contributed by atoms with Crippen LogP contribution in [0.2, 0.25) is 0 Å². The summed E-state index contributed by atoms with van der Waals surface area (Å²) in [4.78, 5) is 36.5. The molecule has 0 saturated carbocycles. The van der Waals surface area contributed by atoms with Gasteiger partial charge in [-0.1, -0.05) is 59.9 Å². The molecule has 0 radical (unpaired) electrons. The third-order valence-electron chi connectivity index (χ3n) is 8.04. The molecule has 0 bridgehead atoms. The summed E-state index contributed by atoms with van der Waals surface area (Å²) in [7, 11) is 3.12. The second-order valence-corrected chi connectivity index (χ2v) is 13.8. The first-order valence-corrected chi connectivity index (χ1v) is 17.2. The standard InChI is InChI=1S/C30H46N2O9S2/c1-17(19(3)33)10-9-11-20-15-41-28(27(38)26(20)37)25(36)18(2)14-23(35)40-13-8-6-4-5-7-12-22(34)32-24-29-21(16-42-43-29)31-30(24)39/h9-10,14,16-17,19-20,24-29,33,36-38H,4-8,11-13,15H2,1-3H3,(H,31,39)(H,32,34)/b10-9+,18-14+/t17-,19-,20-,24?,25-,26-,27+,28+,29?/m1/s1. The summed E-state index contributed by atoms with van der Waals surface area (Å²) in [6.07, 6.45) is 4.27. The molecule has 2 amide bonds. The lowest BCUT2D eigenvalue weighted by molar-refractivity contribution is -0.187. The van der Waals surface area contributed by atoms with Crippen molar-refractivity contribution >= 4 is 39.4 Å². The molecule has 0 aromatic rings. The number of esters is 1. The minimum atomic E-state index is -1.33. The molecule has 2 fully saturated rings. The van der Waals surface area contributed by atoms with Crippen LogP contribution in [0, 0.1) is 11.8 Å². The molecule has 0 aromatic carbocycles. The van der Waals surface area contributed by atoms with Gasteiger partial charge < -0.3 is 40.5 Å². The van der Waals surface area contributed by atoms with Gasteiger partial charge in [0.2, 0.25) is 11.8 Å². The number of hydrogen-bond acceptors (Lipinski definition) is 11. The molecule has 3 rings (SSSR count). The van der Waals surface area contributed by atoms with Crippen LogP contribution in [0.4, 0.5) is 0 Å². The van der Waals surface area contributed by atoms with Crippen LogP contribution in [-0.4, -0.2) is 93.2 Å². The Bertz CT molecular complexity index is 1050. The predicted octanol–water partition coefficient (Wildman–Crippen LogP) is 2.10. The third kappa shape index (κ3) is 10.6. The van der Waals surface area contributed by atoms with Gasteiger partial charge in [0.15, 0.2) is 0 Å². The van der Waals surface area contributed by atoms with Crippen molar-refractivity contribution in [2.24, 2.45) is 11.8 Å². The van der Waals surface area contributed by atoms with E-state index >= 15 is 0 Å². The SMILES string of the molecule is C/C(=C\C(=O)OCCCCCCCC(=O)NC1C(=O)NC2=CSSC21)[C@@H](O)[C@@H]1OC[C@@H](C/C=C/[C@@H](C)[C@@H](C)O)[C@@H](O)[C@@H]1O. The van der Waals surface area contributed by atoms with E-state index in [1.165, 1.54) is 13.0 Å². The second kappa shape index (κ2) is 17.6. The van der Waals surface area contributed by atoms with Gasteiger partial charge in [-0.15, -0.1) is 0 Å². The molecule has 11 nitrogen and oxygen atoms in total. The Kier molecular flexibility index (Phi) is 14.6. The minimum Gasteiger partial charge on any atom is -0.463 e. The first kappa shape index (κ1) is 35.6. The lowest BCUT2D eigenvalue weighted by Gasteiger charge is -2.39. The van der Waals surface area contributed by atoms with Crippen LogP contribution < -0.4 is 10.6 Å². The molecule has 2 unspecified atom stereocenters. The van der Waals surface area contributed by atoms with Crippen LogP contribution in [0.15, 0.2) is 34.9 Å². The number of ether oxygens (including phenoxy) is 2. The van der Waals surface area contributed by atoms with Gasteiger partial charge in [0.1, 0.15) is 24.4 Å². The molecule has 2 saturated heterocycles. The van der Waals surface area contributed by atoms with Crippen molar-refractivity contribution in [3.05, 3.63) is 34.9 Å². The van der Waals surface area contributed by atoms with Crippen LogP contribution in [-0.2, 0) is 23.9 Å². The second-order valence-electron chi connectivity index (χ2n) is 11.5. The molecule has 13 heteroatoms. The van der Waals surface area contributed by atoms with Crippen LogP contribution >= 0.6 is 21.6 Å². The fourth-order valence-electron chi connectivity index (χ4n) is 5.02. The van der Waals surface area contributed by atoms with E-state index in [1.807, 2.05) is 24.5 Å². The van der Waals surface area contributed by atoms with Crippen molar-refractivity contribution in [1.29, 1.82) is 0 Å². The average molecular weight is 643 g/mol. The van der Waals surface area contributed by atoms with Crippen LogP contribution in [0.5, 0.6) is 0 Å². The molecule has 9 atom stereocenters. The predicted molar refractivity (Wildman–Crippen MR) is 165 cm³/mol. The van der Waals surface area contributed by atoms with E-state index in [9.17, 15) is 34.8 Å². The van der Waals surface area contributed by atoms with Gasteiger partial charge in [0.25, 0.3) is 0 Å². The van der Waals surface area contributed by atoms with E-state index < -0.39 is 42.5 Å². The molecule has 6 N–H and O–H groups in total. The summed E-state index contributed by atoms with van der Waals surface area (Å²) in [5, 5.41) is 48.9. The largest absolute Gasteiger partial charge is 0.463 e. The first-order valence-electron chi connectivity index (χ1n) is 15.0. The number of unbranched alkanes of at least 4 members (excludes halogenated alkanes) is 4. The Labute approximate surface area is 261 Å². The molecule has 3 aliphatic rings. The topological polar surface area (TPSA) is 175 Å². The maximum Gasteiger partial charge on any atom is 0.330 e. The summed E-state index contributed by atoms with van der Waals surface area (Å²) in [5.41, 5.74) is 1.12. The summed E-state index contributed by atoms with van der Waals surface area (Å²) < 4.78 is 10.9. The number of allylic oxidation sites excluding steroid dienone is 1. The Morgan fingerprint density at radius 1 is 1.16 bits per heavy atom. The lowest BCUT2D eigenvalue weighted by atomic mass is 9.86. The zero-order valence-corrected chi connectivity index (χ0v) is 26.6. The van der Waals surface area contributed by atoms with E-state index in [2.05, 4.69) is 10.6 Å². The Hall–Kier alpha value is -1.87. The molecular formula is C30H46N2O9S2. The number of fused-ring (bicyclic) bond motifs is 1. The Balaban J connectivity index is 1.26. The number of carbonyl (C=O) groups is 3. The van der Waals surface area contributed by atoms with Crippen molar-refractivity contribution in [2.75, 3.05) is 13.2 Å². The van der Waals surface area contributed by atoms with Gasteiger partial charge in [-0.05, 0) is 44.6 Å². The smallest absolute Gasteiger partial charge is 0.330 e. The third-order valence-corrected chi connectivity index (χ3v) is 10.5. The van der Waals surface area contributed by atoms with Gasteiger partial charge in [0, 0.05) is 29.5 Å². The van der Waals surface area contributed by atoms with Gasteiger partial charge >= 0.3 is 5.97 Å². The van der Waals surface area contributed by atoms with Crippen molar-refractivity contribution in [3.8, 4) is 0 Å². The fraction of sp³-hybridized carbons (Fsp3) is 0.700. The molecule has 3 heterocycles. The molecule has 242 valence electrons. The Morgan fingerprint density at radius 2 is 1.88 bits per heavy atom. The van der Waals surface area contributed by atoms with E-state index in [0.717, 1.165) is 25.0 Å². The number of aliphatic hydroxyl groups excluding tert-OH is 4. The summed E-state index contributed by atoms with van der Waals surface area (Å²) in [6.45, 7) is 5.46. The molecule has 0 aliphatic carbocycles. The van der Waals surface area contributed by atoms with Crippen molar-refractivity contribution in [3.63, 3.8) is 0 Å². The van der Waals surface area contributed by atoms with E-state index in [-0.39, 0.29) is 47.7 Å². The number of amides is 2.